The molecule has 6 nitrogen and oxygen atoms in total. The predicted octanol–water partition coefficient (Wildman–Crippen LogP) is 2.53. The van der Waals surface area contributed by atoms with Gasteiger partial charge in [-0.2, -0.15) is 5.10 Å². The second kappa shape index (κ2) is 7.73. The number of fused-ring (bicyclic) bond motifs is 1. The number of amides is 2. The maximum Gasteiger partial charge on any atom is 0.255 e. The van der Waals surface area contributed by atoms with E-state index in [1.807, 2.05) is 16.8 Å². The zero-order chi connectivity index (χ0) is 19.7. The van der Waals surface area contributed by atoms with Crippen molar-refractivity contribution < 1.29 is 14.0 Å². The molecule has 4 rings (SSSR count). The number of halogens is 1. The number of nitrogens with one attached hydrogen (secondary N) is 2. The van der Waals surface area contributed by atoms with Crippen LogP contribution >= 0.6 is 0 Å². The average Bonchev–Trinajstić information content (AvgIpc) is 3.44. The van der Waals surface area contributed by atoms with Crippen LogP contribution in [0.15, 0.2) is 24.4 Å². The van der Waals surface area contributed by atoms with Gasteiger partial charge in [-0.3, -0.25) is 14.3 Å². The minimum Gasteiger partial charge on any atom is -0.356 e. The third kappa shape index (κ3) is 4.08. The summed E-state index contributed by atoms with van der Waals surface area (Å²) in [4.78, 5) is 23.9. The molecule has 0 bridgehead atoms. The lowest BCUT2D eigenvalue weighted by Gasteiger charge is -2.24. The molecular formula is C21H25FN4O2. The molecule has 1 aromatic heterocycles. The standard InChI is InChI=1S/C21H25FN4O2/c1-13(27)23-10-14-6-7-26-20(8-14)18(12-25-26)21(28)24-11-17-9-16(15-2-3-15)4-5-19(17)22/h4-5,9,12,14-15H,2-3,6-8,10-11H2,1H3,(H,23,27)(H,24,28). The van der Waals surface area contributed by atoms with E-state index in [-0.39, 0.29) is 30.1 Å². The van der Waals surface area contributed by atoms with Crippen molar-refractivity contribution in [3.63, 3.8) is 0 Å². The normalized spacial score (nSPS) is 18.4. The Balaban J connectivity index is 1.42. The number of carbonyl (C=O) groups is 2. The molecule has 0 radical (unpaired) electrons. The molecule has 1 unspecified atom stereocenters. The molecular weight excluding hydrogens is 359 g/mol. The second-order valence-corrected chi connectivity index (χ2v) is 7.83. The van der Waals surface area contributed by atoms with E-state index in [4.69, 9.17) is 0 Å². The van der Waals surface area contributed by atoms with Crippen molar-refractivity contribution in [1.29, 1.82) is 0 Å². The number of hydrogen-bond acceptors (Lipinski definition) is 3. The number of rotatable bonds is 6. The monoisotopic (exact) mass is 384 g/mol. The molecule has 1 aliphatic carbocycles. The van der Waals surface area contributed by atoms with Gasteiger partial charge in [0.2, 0.25) is 5.91 Å². The van der Waals surface area contributed by atoms with Crippen LogP contribution in [-0.4, -0.2) is 28.1 Å². The average molecular weight is 384 g/mol. The fourth-order valence-electron chi connectivity index (χ4n) is 3.82. The van der Waals surface area contributed by atoms with E-state index in [1.54, 1.807) is 6.20 Å². The molecule has 2 amide bonds. The van der Waals surface area contributed by atoms with Crippen LogP contribution in [0.2, 0.25) is 0 Å². The van der Waals surface area contributed by atoms with Gasteiger partial charge < -0.3 is 10.6 Å². The minimum absolute atomic E-state index is 0.0486. The lowest BCUT2D eigenvalue weighted by Crippen LogP contribution is -2.33. The first-order valence-electron chi connectivity index (χ1n) is 9.87. The number of nitrogens with zero attached hydrogens (tertiary/aromatic N) is 2. The molecule has 2 heterocycles. The van der Waals surface area contributed by atoms with Crippen LogP contribution in [0.4, 0.5) is 4.39 Å². The van der Waals surface area contributed by atoms with Crippen LogP contribution in [-0.2, 0) is 24.3 Å². The van der Waals surface area contributed by atoms with E-state index in [9.17, 15) is 14.0 Å². The first-order chi connectivity index (χ1) is 13.5. The Bertz CT molecular complexity index is 904. The Hall–Kier alpha value is -2.70. The lowest BCUT2D eigenvalue weighted by atomic mass is 9.94. The number of aromatic nitrogens is 2. The largest absolute Gasteiger partial charge is 0.356 e. The van der Waals surface area contributed by atoms with Crippen LogP contribution in [0, 0.1) is 11.7 Å². The fraction of sp³-hybridized carbons (Fsp3) is 0.476. The Labute approximate surface area is 163 Å². The van der Waals surface area contributed by atoms with Crippen LogP contribution in [0.1, 0.15) is 59.3 Å². The molecule has 148 valence electrons. The van der Waals surface area contributed by atoms with Gasteiger partial charge in [0.15, 0.2) is 0 Å². The van der Waals surface area contributed by atoms with Crippen LogP contribution in [0.25, 0.3) is 0 Å². The summed E-state index contributed by atoms with van der Waals surface area (Å²) >= 11 is 0. The first kappa shape index (κ1) is 18.7. The smallest absolute Gasteiger partial charge is 0.255 e. The highest BCUT2D eigenvalue weighted by molar-refractivity contribution is 5.95. The van der Waals surface area contributed by atoms with Crippen molar-refractivity contribution in [2.45, 2.75) is 51.6 Å². The molecule has 1 saturated carbocycles. The number of aryl methyl sites for hydroxylation is 1. The molecule has 1 atom stereocenters. The van der Waals surface area contributed by atoms with E-state index in [0.717, 1.165) is 37.1 Å². The summed E-state index contributed by atoms with van der Waals surface area (Å²) < 4.78 is 16.0. The Morgan fingerprint density at radius 1 is 1.25 bits per heavy atom. The maximum atomic E-state index is 14.1. The zero-order valence-electron chi connectivity index (χ0n) is 16.0. The van der Waals surface area contributed by atoms with Gasteiger partial charge in [-0.05, 0) is 49.1 Å². The van der Waals surface area contributed by atoms with Crippen molar-refractivity contribution in [3.05, 3.63) is 52.6 Å². The van der Waals surface area contributed by atoms with Gasteiger partial charge in [0.1, 0.15) is 5.82 Å². The summed E-state index contributed by atoms with van der Waals surface area (Å²) in [5.41, 5.74) is 3.08. The van der Waals surface area contributed by atoms with Gasteiger partial charge >= 0.3 is 0 Å². The molecule has 1 aromatic carbocycles. The Morgan fingerprint density at radius 2 is 2.07 bits per heavy atom. The molecule has 2 aromatic rings. The van der Waals surface area contributed by atoms with Crippen molar-refractivity contribution in [3.8, 4) is 0 Å². The third-order valence-electron chi connectivity index (χ3n) is 5.62. The summed E-state index contributed by atoms with van der Waals surface area (Å²) in [7, 11) is 0. The number of hydrogen-bond donors (Lipinski definition) is 2. The molecule has 1 fully saturated rings. The highest BCUT2D eigenvalue weighted by Crippen LogP contribution is 2.40. The van der Waals surface area contributed by atoms with Gasteiger partial charge in [0.05, 0.1) is 17.5 Å². The van der Waals surface area contributed by atoms with Crippen LogP contribution in [0.3, 0.4) is 0 Å². The van der Waals surface area contributed by atoms with Crippen molar-refractivity contribution >= 4 is 11.8 Å². The van der Waals surface area contributed by atoms with E-state index in [2.05, 4.69) is 15.7 Å². The molecule has 28 heavy (non-hydrogen) atoms. The molecule has 2 N–H and O–H groups in total. The van der Waals surface area contributed by atoms with Crippen LogP contribution < -0.4 is 10.6 Å². The fourth-order valence-corrected chi connectivity index (χ4v) is 3.82. The number of carbonyl (C=O) groups excluding carboxylic acids is 2. The molecule has 2 aliphatic rings. The van der Waals surface area contributed by atoms with Crippen molar-refractivity contribution in [2.75, 3.05) is 6.54 Å². The maximum absolute atomic E-state index is 14.1. The summed E-state index contributed by atoms with van der Waals surface area (Å²) in [5.74, 6) is 0.243. The topological polar surface area (TPSA) is 76.0 Å². The quantitative estimate of drug-likeness (QED) is 0.804. The summed E-state index contributed by atoms with van der Waals surface area (Å²) in [5, 5.41) is 10.0. The predicted molar refractivity (Wildman–Crippen MR) is 102 cm³/mol. The van der Waals surface area contributed by atoms with Crippen molar-refractivity contribution in [1.82, 2.24) is 20.4 Å². The lowest BCUT2D eigenvalue weighted by molar-refractivity contribution is -0.119. The summed E-state index contributed by atoms with van der Waals surface area (Å²) in [6.07, 6.45) is 5.49. The van der Waals surface area contributed by atoms with E-state index in [0.29, 0.717) is 30.0 Å². The van der Waals surface area contributed by atoms with E-state index in [1.165, 1.54) is 13.0 Å². The van der Waals surface area contributed by atoms with Gasteiger partial charge in [-0.25, -0.2) is 4.39 Å². The van der Waals surface area contributed by atoms with Gasteiger partial charge in [-0.1, -0.05) is 12.1 Å². The second-order valence-electron chi connectivity index (χ2n) is 7.83. The molecule has 0 saturated heterocycles. The summed E-state index contributed by atoms with van der Waals surface area (Å²) in [6, 6.07) is 5.19. The number of benzene rings is 1. The van der Waals surface area contributed by atoms with E-state index < -0.39 is 0 Å². The highest BCUT2D eigenvalue weighted by atomic mass is 19.1. The van der Waals surface area contributed by atoms with Gasteiger partial charge in [0, 0.05) is 32.1 Å². The Kier molecular flexibility index (Phi) is 5.15. The minimum atomic E-state index is -0.294. The Morgan fingerprint density at radius 3 is 2.82 bits per heavy atom. The summed E-state index contributed by atoms with van der Waals surface area (Å²) in [6.45, 7) is 2.99. The molecule has 1 aliphatic heterocycles. The van der Waals surface area contributed by atoms with E-state index >= 15 is 0 Å². The van der Waals surface area contributed by atoms with Crippen molar-refractivity contribution in [2.24, 2.45) is 5.92 Å². The molecule has 7 heteroatoms. The first-order valence-corrected chi connectivity index (χ1v) is 9.87. The molecule has 0 spiro atoms. The van der Waals surface area contributed by atoms with Gasteiger partial charge in [-0.15, -0.1) is 0 Å². The van der Waals surface area contributed by atoms with Gasteiger partial charge in [0.25, 0.3) is 5.91 Å². The van der Waals surface area contributed by atoms with Crippen LogP contribution in [0.5, 0.6) is 0 Å². The highest BCUT2D eigenvalue weighted by Gasteiger charge is 2.26. The third-order valence-corrected chi connectivity index (χ3v) is 5.62. The SMILES string of the molecule is CC(=O)NCC1CCn2ncc(C(=O)NCc3cc(C4CC4)ccc3F)c2C1. The zero-order valence-corrected chi connectivity index (χ0v) is 16.0.